The van der Waals surface area contributed by atoms with Gasteiger partial charge in [0, 0.05) is 25.7 Å². The number of hydrogen-bond donors (Lipinski definition) is 2. The third-order valence-electron chi connectivity index (χ3n) is 6.49. The molecule has 8 nitrogen and oxygen atoms in total. The first kappa shape index (κ1) is 21.1. The van der Waals surface area contributed by atoms with Crippen LogP contribution >= 0.6 is 0 Å². The Balaban J connectivity index is 1.48. The molecule has 0 radical (unpaired) electrons. The van der Waals surface area contributed by atoms with Crippen LogP contribution in [-0.4, -0.2) is 51.0 Å². The lowest BCUT2D eigenvalue weighted by atomic mass is 9.95. The maximum Gasteiger partial charge on any atom is 0.272 e. The molecular weight excluding hydrogens is 394 g/mol. The van der Waals surface area contributed by atoms with E-state index in [0.717, 1.165) is 36.8 Å². The molecule has 1 saturated carbocycles. The highest BCUT2D eigenvalue weighted by molar-refractivity contribution is 6.01. The zero-order chi connectivity index (χ0) is 22.2. The largest absolute Gasteiger partial charge is 0.351 e. The summed E-state index contributed by atoms with van der Waals surface area (Å²) in [4.78, 5) is 40.1. The predicted octanol–water partition coefficient (Wildman–Crippen LogP) is 2.02. The number of likely N-dealkylation sites (N-methyl/N-ethyl adjacent to an activating group) is 1. The molecule has 1 fully saturated rings. The number of carbonyl (C=O) groups excluding carboxylic acids is 3. The van der Waals surface area contributed by atoms with Gasteiger partial charge in [-0.05, 0) is 32.3 Å². The highest BCUT2D eigenvalue weighted by Gasteiger charge is 2.46. The van der Waals surface area contributed by atoms with Crippen molar-refractivity contribution in [2.45, 2.75) is 64.2 Å². The summed E-state index contributed by atoms with van der Waals surface area (Å²) in [5, 5.41) is 10.3. The standard InChI is InChI=1S/C23H29N5O3/c1-15-8-10-16(11-9-15)13-24-20(29)18-12-19-21(30)27(3)23(2,14-28(19)26-18)22(31)25-17-6-4-5-7-17/h8-12,17H,4-7,13-14H2,1-3H3,(H,24,29)(H,25,31). The number of nitrogens with zero attached hydrogens (tertiary/aromatic N) is 3. The molecule has 1 atom stereocenters. The summed E-state index contributed by atoms with van der Waals surface area (Å²) in [5.74, 6) is -0.850. The van der Waals surface area contributed by atoms with E-state index < -0.39 is 5.54 Å². The molecule has 1 aliphatic carbocycles. The highest BCUT2D eigenvalue weighted by atomic mass is 16.2. The lowest BCUT2D eigenvalue weighted by molar-refractivity contribution is -0.133. The third kappa shape index (κ3) is 4.06. The van der Waals surface area contributed by atoms with Crippen molar-refractivity contribution in [2.75, 3.05) is 7.05 Å². The Bertz CT molecular complexity index is 1010. The monoisotopic (exact) mass is 423 g/mol. The summed E-state index contributed by atoms with van der Waals surface area (Å²) in [7, 11) is 1.63. The Kier molecular flexibility index (Phi) is 5.56. The number of fused-ring (bicyclic) bond motifs is 1. The topological polar surface area (TPSA) is 96.3 Å². The highest BCUT2D eigenvalue weighted by Crippen LogP contribution is 2.27. The molecule has 0 spiro atoms. The Morgan fingerprint density at radius 1 is 1.19 bits per heavy atom. The van der Waals surface area contributed by atoms with Crippen LogP contribution in [-0.2, 0) is 17.9 Å². The van der Waals surface area contributed by atoms with Crippen LogP contribution in [0, 0.1) is 6.92 Å². The van der Waals surface area contributed by atoms with Gasteiger partial charge in [-0.25, -0.2) is 0 Å². The van der Waals surface area contributed by atoms with E-state index in [1.807, 2.05) is 31.2 Å². The molecule has 3 amide bonds. The van der Waals surface area contributed by atoms with E-state index in [2.05, 4.69) is 15.7 Å². The zero-order valence-corrected chi connectivity index (χ0v) is 18.3. The van der Waals surface area contributed by atoms with Crippen molar-refractivity contribution < 1.29 is 14.4 Å². The van der Waals surface area contributed by atoms with Gasteiger partial charge in [-0.2, -0.15) is 5.10 Å². The van der Waals surface area contributed by atoms with Crippen LogP contribution in [0.4, 0.5) is 0 Å². The maximum absolute atomic E-state index is 13.0. The molecule has 164 valence electrons. The van der Waals surface area contributed by atoms with E-state index in [1.165, 1.54) is 15.6 Å². The third-order valence-corrected chi connectivity index (χ3v) is 6.49. The number of aromatic nitrogens is 2. The van der Waals surface area contributed by atoms with E-state index in [9.17, 15) is 14.4 Å². The smallest absolute Gasteiger partial charge is 0.272 e. The molecular formula is C23H29N5O3. The normalized spacial score (nSPS) is 21.1. The molecule has 1 aromatic heterocycles. The maximum atomic E-state index is 13.0. The van der Waals surface area contributed by atoms with E-state index >= 15 is 0 Å². The minimum Gasteiger partial charge on any atom is -0.351 e. The second-order valence-corrected chi connectivity index (χ2v) is 8.83. The molecule has 2 N–H and O–H groups in total. The molecule has 4 rings (SSSR count). The Hall–Kier alpha value is -3.16. The number of benzene rings is 1. The second kappa shape index (κ2) is 8.17. The van der Waals surface area contributed by atoms with Crippen LogP contribution < -0.4 is 10.6 Å². The van der Waals surface area contributed by atoms with Gasteiger partial charge >= 0.3 is 0 Å². The van der Waals surface area contributed by atoms with Crippen LogP contribution in [0.1, 0.15) is 64.7 Å². The number of aryl methyl sites for hydroxylation is 1. The fourth-order valence-corrected chi connectivity index (χ4v) is 4.23. The van der Waals surface area contributed by atoms with Gasteiger partial charge in [0.2, 0.25) is 5.91 Å². The number of amides is 3. The first-order chi connectivity index (χ1) is 14.8. The van der Waals surface area contributed by atoms with Crippen molar-refractivity contribution in [1.82, 2.24) is 25.3 Å². The van der Waals surface area contributed by atoms with Gasteiger partial charge in [-0.1, -0.05) is 42.7 Å². The van der Waals surface area contributed by atoms with Crippen LogP contribution in [0.2, 0.25) is 0 Å². The molecule has 1 unspecified atom stereocenters. The lowest BCUT2D eigenvalue weighted by Gasteiger charge is -2.41. The number of carbonyl (C=O) groups is 3. The first-order valence-corrected chi connectivity index (χ1v) is 10.8. The predicted molar refractivity (Wildman–Crippen MR) is 115 cm³/mol. The molecule has 1 aliphatic heterocycles. The van der Waals surface area contributed by atoms with Crippen LogP contribution in [0.25, 0.3) is 0 Å². The summed E-state index contributed by atoms with van der Waals surface area (Å²) < 4.78 is 1.48. The zero-order valence-electron chi connectivity index (χ0n) is 18.3. The van der Waals surface area contributed by atoms with Gasteiger partial charge < -0.3 is 15.5 Å². The minimum absolute atomic E-state index is 0.162. The van der Waals surface area contributed by atoms with Crippen molar-refractivity contribution in [3.63, 3.8) is 0 Å². The Morgan fingerprint density at radius 2 is 1.87 bits per heavy atom. The van der Waals surface area contributed by atoms with Crippen molar-refractivity contribution in [3.8, 4) is 0 Å². The average Bonchev–Trinajstić information content (AvgIpc) is 3.41. The van der Waals surface area contributed by atoms with Crippen molar-refractivity contribution in [1.29, 1.82) is 0 Å². The number of hydrogen-bond acceptors (Lipinski definition) is 4. The van der Waals surface area contributed by atoms with Crippen molar-refractivity contribution in [3.05, 3.63) is 52.8 Å². The van der Waals surface area contributed by atoms with Gasteiger partial charge in [0.1, 0.15) is 11.2 Å². The van der Waals surface area contributed by atoms with Gasteiger partial charge in [0.25, 0.3) is 11.8 Å². The van der Waals surface area contributed by atoms with Gasteiger partial charge in [-0.3, -0.25) is 19.1 Å². The molecule has 0 saturated heterocycles. The molecule has 8 heteroatoms. The SMILES string of the molecule is Cc1ccc(CNC(=O)c2cc3n(n2)CC(C)(C(=O)NC2CCCC2)N(C)C3=O)cc1. The molecule has 1 aromatic carbocycles. The Labute approximate surface area is 182 Å². The lowest BCUT2D eigenvalue weighted by Crippen LogP contribution is -2.63. The summed E-state index contributed by atoms with van der Waals surface area (Å²) in [5.41, 5.74) is 1.56. The fourth-order valence-electron chi connectivity index (χ4n) is 4.23. The van der Waals surface area contributed by atoms with Gasteiger partial charge in [0.15, 0.2) is 5.69 Å². The van der Waals surface area contributed by atoms with Crippen LogP contribution in [0.5, 0.6) is 0 Å². The van der Waals surface area contributed by atoms with Crippen molar-refractivity contribution in [2.24, 2.45) is 0 Å². The van der Waals surface area contributed by atoms with Crippen molar-refractivity contribution >= 4 is 17.7 Å². The summed E-state index contributed by atoms with van der Waals surface area (Å²) >= 11 is 0. The Morgan fingerprint density at radius 3 is 2.55 bits per heavy atom. The quantitative estimate of drug-likeness (QED) is 0.769. The van der Waals surface area contributed by atoms with E-state index in [0.29, 0.717) is 12.2 Å². The van der Waals surface area contributed by atoms with Crippen LogP contribution in [0.3, 0.4) is 0 Å². The molecule has 2 aromatic rings. The summed E-state index contributed by atoms with van der Waals surface area (Å²) in [6.45, 7) is 4.33. The van der Waals surface area contributed by atoms with E-state index in [4.69, 9.17) is 0 Å². The van der Waals surface area contributed by atoms with Crippen LogP contribution in [0.15, 0.2) is 30.3 Å². The molecule has 0 bridgehead atoms. The molecule has 2 heterocycles. The first-order valence-electron chi connectivity index (χ1n) is 10.8. The van der Waals surface area contributed by atoms with Gasteiger partial charge in [0.05, 0.1) is 6.54 Å². The van der Waals surface area contributed by atoms with E-state index in [1.54, 1.807) is 14.0 Å². The average molecular weight is 424 g/mol. The minimum atomic E-state index is -1.06. The molecule has 31 heavy (non-hydrogen) atoms. The fraction of sp³-hybridized carbons (Fsp3) is 0.478. The number of nitrogens with one attached hydrogen (secondary N) is 2. The second-order valence-electron chi connectivity index (χ2n) is 8.83. The summed E-state index contributed by atoms with van der Waals surface area (Å²) in [6, 6.07) is 9.56. The summed E-state index contributed by atoms with van der Waals surface area (Å²) in [6.07, 6.45) is 4.16. The number of rotatable bonds is 5. The van der Waals surface area contributed by atoms with E-state index in [-0.39, 0.29) is 36.0 Å². The molecule has 2 aliphatic rings. The van der Waals surface area contributed by atoms with Gasteiger partial charge in [-0.15, -0.1) is 0 Å².